The molecule has 7 nitrogen and oxygen atoms in total. The predicted molar refractivity (Wildman–Crippen MR) is 139 cm³/mol. The molecule has 0 atom stereocenters. The van der Waals surface area contributed by atoms with Gasteiger partial charge in [-0.2, -0.15) is 0 Å². The highest BCUT2D eigenvalue weighted by Crippen LogP contribution is 2.25. The first-order chi connectivity index (χ1) is 17.6. The van der Waals surface area contributed by atoms with Crippen LogP contribution in [-0.2, 0) is 9.59 Å². The van der Waals surface area contributed by atoms with E-state index >= 15 is 0 Å². The number of benzene rings is 2. The molecule has 4 rings (SSSR count). The van der Waals surface area contributed by atoms with Crippen LogP contribution in [-0.4, -0.2) is 77.8 Å². The van der Waals surface area contributed by atoms with E-state index in [0.29, 0.717) is 50.3 Å². The molecule has 2 fully saturated rings. The van der Waals surface area contributed by atoms with Crippen LogP contribution >= 0.6 is 0 Å². The molecule has 0 aliphatic carbocycles. The van der Waals surface area contributed by atoms with E-state index in [0.717, 1.165) is 25.8 Å². The average Bonchev–Trinajstić information content (AvgIpc) is 2.95. The van der Waals surface area contributed by atoms with Crippen molar-refractivity contribution in [3.05, 3.63) is 66.2 Å². The summed E-state index contributed by atoms with van der Waals surface area (Å²) in [5.41, 5.74) is 0.716. The third kappa shape index (κ3) is 6.45. The summed E-state index contributed by atoms with van der Waals surface area (Å²) in [5, 5.41) is 0. The van der Waals surface area contributed by atoms with Crippen molar-refractivity contribution in [3.8, 4) is 5.75 Å². The number of hydrogen-bond acceptors (Lipinski definition) is 4. The van der Waals surface area contributed by atoms with Crippen LogP contribution in [0.1, 0.15) is 49.4 Å². The zero-order valence-corrected chi connectivity index (χ0v) is 21.2. The molecule has 2 saturated heterocycles. The molecule has 2 aliphatic heterocycles. The van der Waals surface area contributed by atoms with Crippen LogP contribution in [0.5, 0.6) is 5.75 Å². The monoisotopic (exact) mass is 491 g/mol. The molecule has 0 radical (unpaired) electrons. The standard InChI is InChI=1S/C29H37N3O4/c1-2-17-32(25-15-20-31(21-16-25)28(34)23-9-5-3-6-10-23)29(35)24-13-18-30(19-14-24)27(33)22-36-26-11-7-4-8-12-26/h3-12,24-25H,2,13-22H2,1H3. The van der Waals surface area contributed by atoms with Crippen molar-refractivity contribution in [1.29, 1.82) is 0 Å². The zero-order valence-electron chi connectivity index (χ0n) is 21.2. The molecule has 7 heteroatoms. The molecule has 0 N–H and O–H groups in total. The van der Waals surface area contributed by atoms with Gasteiger partial charge in [0.1, 0.15) is 5.75 Å². The Balaban J connectivity index is 1.26. The molecule has 2 heterocycles. The second-order valence-corrected chi connectivity index (χ2v) is 9.68. The Morgan fingerprint density at radius 2 is 1.42 bits per heavy atom. The second kappa shape index (κ2) is 12.6. The largest absolute Gasteiger partial charge is 0.484 e. The van der Waals surface area contributed by atoms with Gasteiger partial charge in [-0.1, -0.05) is 43.3 Å². The number of likely N-dealkylation sites (tertiary alicyclic amines) is 2. The van der Waals surface area contributed by atoms with Crippen molar-refractivity contribution < 1.29 is 19.1 Å². The Kier molecular flexibility index (Phi) is 8.98. The summed E-state index contributed by atoms with van der Waals surface area (Å²) in [6, 6.07) is 18.9. The minimum atomic E-state index is -0.0559. The highest BCUT2D eigenvalue weighted by Gasteiger charge is 2.35. The topological polar surface area (TPSA) is 70.2 Å². The Bertz CT molecular complexity index is 998. The van der Waals surface area contributed by atoms with Crippen LogP contribution in [0, 0.1) is 5.92 Å². The first kappa shape index (κ1) is 25.7. The summed E-state index contributed by atoms with van der Waals surface area (Å²) < 4.78 is 5.60. The summed E-state index contributed by atoms with van der Waals surface area (Å²) in [4.78, 5) is 44.7. The molecule has 2 aliphatic rings. The maximum atomic E-state index is 13.5. The molecule has 3 amide bonds. The lowest BCUT2D eigenvalue weighted by molar-refractivity contribution is -0.143. The minimum Gasteiger partial charge on any atom is -0.484 e. The van der Waals surface area contributed by atoms with Gasteiger partial charge in [0.15, 0.2) is 6.61 Å². The molecule has 2 aromatic rings. The molecule has 0 bridgehead atoms. The van der Waals surface area contributed by atoms with E-state index in [4.69, 9.17) is 4.74 Å². The van der Waals surface area contributed by atoms with Gasteiger partial charge in [-0.25, -0.2) is 0 Å². The summed E-state index contributed by atoms with van der Waals surface area (Å²) in [5.74, 6) is 0.862. The summed E-state index contributed by atoms with van der Waals surface area (Å²) in [7, 11) is 0. The van der Waals surface area contributed by atoms with E-state index in [9.17, 15) is 14.4 Å². The Morgan fingerprint density at radius 1 is 0.833 bits per heavy atom. The second-order valence-electron chi connectivity index (χ2n) is 9.68. The maximum absolute atomic E-state index is 13.5. The molecule has 2 aromatic carbocycles. The van der Waals surface area contributed by atoms with Crippen molar-refractivity contribution in [2.75, 3.05) is 39.3 Å². The SMILES string of the molecule is CCCN(C(=O)C1CCN(C(=O)COc2ccccc2)CC1)C1CCN(C(=O)c2ccccc2)CC1. The van der Waals surface area contributed by atoms with Gasteiger partial charge in [-0.3, -0.25) is 14.4 Å². The molecule has 192 valence electrons. The number of hydrogen-bond donors (Lipinski definition) is 0. The quantitative estimate of drug-likeness (QED) is 0.563. The smallest absolute Gasteiger partial charge is 0.260 e. The van der Waals surface area contributed by atoms with Crippen LogP contribution in [0.2, 0.25) is 0 Å². The lowest BCUT2D eigenvalue weighted by Gasteiger charge is -2.41. The lowest BCUT2D eigenvalue weighted by Crippen LogP contribution is -2.52. The van der Waals surface area contributed by atoms with E-state index in [1.54, 1.807) is 0 Å². The van der Waals surface area contributed by atoms with Gasteiger partial charge < -0.3 is 19.4 Å². The molecular weight excluding hydrogens is 454 g/mol. The van der Waals surface area contributed by atoms with E-state index in [1.165, 1.54) is 0 Å². The molecular formula is C29H37N3O4. The number of rotatable bonds is 8. The van der Waals surface area contributed by atoms with Crippen LogP contribution in [0.15, 0.2) is 60.7 Å². The maximum Gasteiger partial charge on any atom is 0.260 e. The third-order valence-electron chi connectivity index (χ3n) is 7.26. The number of ether oxygens (including phenoxy) is 1. The Hall–Kier alpha value is -3.35. The predicted octanol–water partition coefficient (Wildman–Crippen LogP) is 3.85. The highest BCUT2D eigenvalue weighted by molar-refractivity contribution is 5.94. The molecule has 0 saturated carbocycles. The molecule has 0 spiro atoms. The number of amides is 3. The number of para-hydroxylation sites is 1. The van der Waals surface area contributed by atoms with Gasteiger partial charge in [-0.05, 0) is 56.4 Å². The molecule has 36 heavy (non-hydrogen) atoms. The fourth-order valence-corrected chi connectivity index (χ4v) is 5.22. The van der Waals surface area contributed by atoms with E-state index < -0.39 is 0 Å². The first-order valence-corrected chi connectivity index (χ1v) is 13.2. The number of piperidine rings is 2. The highest BCUT2D eigenvalue weighted by atomic mass is 16.5. The van der Waals surface area contributed by atoms with Crippen LogP contribution < -0.4 is 4.74 Å². The fraction of sp³-hybridized carbons (Fsp3) is 0.483. The molecule has 0 aromatic heterocycles. The van der Waals surface area contributed by atoms with E-state index in [-0.39, 0.29) is 36.3 Å². The van der Waals surface area contributed by atoms with Gasteiger partial charge in [0.2, 0.25) is 5.91 Å². The first-order valence-electron chi connectivity index (χ1n) is 13.2. The van der Waals surface area contributed by atoms with Crippen LogP contribution in [0.25, 0.3) is 0 Å². The summed E-state index contributed by atoms with van der Waals surface area (Å²) in [6.45, 7) is 5.35. The average molecular weight is 492 g/mol. The third-order valence-corrected chi connectivity index (χ3v) is 7.26. The minimum absolute atomic E-state index is 0.0187. The van der Waals surface area contributed by atoms with Gasteiger partial charge in [0.25, 0.3) is 11.8 Å². The number of carbonyl (C=O) groups is 3. The summed E-state index contributed by atoms with van der Waals surface area (Å²) in [6.07, 6.45) is 3.88. The van der Waals surface area contributed by atoms with Crippen LogP contribution in [0.4, 0.5) is 0 Å². The number of carbonyl (C=O) groups excluding carboxylic acids is 3. The van der Waals surface area contributed by atoms with Gasteiger partial charge in [0, 0.05) is 50.2 Å². The van der Waals surface area contributed by atoms with Gasteiger partial charge >= 0.3 is 0 Å². The summed E-state index contributed by atoms with van der Waals surface area (Å²) >= 11 is 0. The normalized spacial score (nSPS) is 17.0. The van der Waals surface area contributed by atoms with Gasteiger partial charge in [0.05, 0.1) is 0 Å². The van der Waals surface area contributed by atoms with Crippen molar-refractivity contribution in [2.24, 2.45) is 5.92 Å². The Morgan fingerprint density at radius 3 is 2.03 bits per heavy atom. The van der Waals surface area contributed by atoms with Crippen molar-refractivity contribution in [1.82, 2.24) is 14.7 Å². The van der Waals surface area contributed by atoms with E-state index in [2.05, 4.69) is 11.8 Å². The zero-order chi connectivity index (χ0) is 25.3. The van der Waals surface area contributed by atoms with Crippen molar-refractivity contribution in [3.63, 3.8) is 0 Å². The molecule has 0 unspecified atom stereocenters. The number of nitrogens with zero attached hydrogens (tertiary/aromatic N) is 3. The van der Waals surface area contributed by atoms with Crippen molar-refractivity contribution >= 4 is 17.7 Å². The Labute approximate surface area is 214 Å². The lowest BCUT2D eigenvalue weighted by atomic mass is 9.93. The van der Waals surface area contributed by atoms with E-state index in [1.807, 2.05) is 70.5 Å². The van der Waals surface area contributed by atoms with Crippen LogP contribution in [0.3, 0.4) is 0 Å². The fourth-order valence-electron chi connectivity index (χ4n) is 5.22. The van der Waals surface area contributed by atoms with Gasteiger partial charge in [-0.15, -0.1) is 0 Å². The van der Waals surface area contributed by atoms with Crippen molar-refractivity contribution in [2.45, 2.75) is 45.1 Å².